The predicted octanol–water partition coefficient (Wildman–Crippen LogP) is 2.69. The highest BCUT2D eigenvalue weighted by molar-refractivity contribution is 5.87. The van der Waals surface area contributed by atoms with Crippen LogP contribution < -0.4 is 0 Å². The molecule has 22 heavy (non-hydrogen) atoms. The van der Waals surface area contributed by atoms with Gasteiger partial charge < -0.3 is 9.84 Å². The smallest absolute Gasteiger partial charge is 0.335 e. The molecule has 1 atom stereocenters. The van der Waals surface area contributed by atoms with Crippen LogP contribution in [0.1, 0.15) is 49.0 Å². The summed E-state index contributed by atoms with van der Waals surface area (Å²) in [5, 5.41) is 8.94. The summed E-state index contributed by atoms with van der Waals surface area (Å²) in [6, 6.07) is 7.04. The molecule has 120 valence electrons. The van der Waals surface area contributed by atoms with Crippen molar-refractivity contribution >= 4 is 11.9 Å². The van der Waals surface area contributed by atoms with Gasteiger partial charge in [0.25, 0.3) is 0 Å². The highest BCUT2D eigenvalue weighted by atomic mass is 16.5. The summed E-state index contributed by atoms with van der Waals surface area (Å²) < 4.78 is 5.18. The lowest BCUT2D eigenvalue weighted by Gasteiger charge is -2.29. The molecular weight excluding hydrogens is 282 g/mol. The van der Waals surface area contributed by atoms with Crippen molar-refractivity contribution in [3.63, 3.8) is 0 Å². The van der Waals surface area contributed by atoms with Crippen molar-refractivity contribution in [2.75, 3.05) is 6.61 Å². The zero-order chi connectivity index (χ0) is 16.1. The Morgan fingerprint density at radius 1 is 1.27 bits per heavy atom. The van der Waals surface area contributed by atoms with Crippen molar-refractivity contribution in [3.05, 3.63) is 35.4 Å². The molecule has 0 heterocycles. The van der Waals surface area contributed by atoms with Crippen LogP contribution >= 0.6 is 0 Å². The summed E-state index contributed by atoms with van der Waals surface area (Å²) in [7, 11) is 0. The molecule has 0 spiro atoms. The summed E-state index contributed by atoms with van der Waals surface area (Å²) in [5.41, 5.74) is 1.29. The Morgan fingerprint density at radius 2 is 1.91 bits per heavy atom. The zero-order valence-corrected chi connectivity index (χ0v) is 13.1. The molecule has 1 aliphatic rings. The number of carboxylic acid groups (broad SMARTS) is 1. The summed E-state index contributed by atoms with van der Waals surface area (Å²) >= 11 is 0. The van der Waals surface area contributed by atoms with Gasteiger partial charge in [-0.2, -0.15) is 0 Å². The van der Waals surface area contributed by atoms with E-state index in [1.165, 1.54) is 0 Å². The molecule has 0 aromatic heterocycles. The van der Waals surface area contributed by atoms with Crippen molar-refractivity contribution in [1.29, 1.82) is 0 Å². The maximum absolute atomic E-state index is 12.1. The van der Waals surface area contributed by atoms with Crippen LogP contribution in [0.25, 0.3) is 0 Å². The van der Waals surface area contributed by atoms with Crippen LogP contribution in [0, 0.1) is 0 Å². The molecule has 0 saturated heterocycles. The lowest BCUT2D eigenvalue weighted by Crippen LogP contribution is -2.42. The molecule has 1 fully saturated rings. The molecule has 1 unspecified atom stereocenters. The third-order valence-electron chi connectivity index (χ3n) is 3.93. The summed E-state index contributed by atoms with van der Waals surface area (Å²) in [6.07, 6.45) is 2.91. The summed E-state index contributed by atoms with van der Waals surface area (Å²) in [6.45, 7) is 4.84. The first-order valence-corrected chi connectivity index (χ1v) is 7.81. The second kappa shape index (κ2) is 7.40. The molecule has 1 aliphatic carbocycles. The highest BCUT2D eigenvalue weighted by Gasteiger charge is 2.37. The molecule has 0 radical (unpaired) electrons. The van der Waals surface area contributed by atoms with Crippen LogP contribution in [0.5, 0.6) is 0 Å². The number of hydrogen-bond donors (Lipinski definition) is 1. The Balaban J connectivity index is 2.10. The molecule has 1 aromatic carbocycles. The minimum absolute atomic E-state index is 0.168. The topological polar surface area (TPSA) is 66.8 Å². The average Bonchev–Trinajstić information content (AvgIpc) is 3.32. The SMILES string of the molecule is CCOC(=O)C(CC)N(Cc1ccc(C(=O)O)cc1)C1CC1. The molecule has 5 nitrogen and oxygen atoms in total. The maximum Gasteiger partial charge on any atom is 0.335 e. The molecule has 5 heteroatoms. The van der Waals surface area contributed by atoms with Crippen molar-refractivity contribution in [2.45, 2.75) is 51.7 Å². The fourth-order valence-electron chi connectivity index (χ4n) is 2.64. The van der Waals surface area contributed by atoms with Gasteiger partial charge in [-0.15, -0.1) is 0 Å². The van der Waals surface area contributed by atoms with Gasteiger partial charge in [-0.05, 0) is 43.9 Å². The highest BCUT2D eigenvalue weighted by Crippen LogP contribution is 2.31. The van der Waals surface area contributed by atoms with E-state index in [9.17, 15) is 9.59 Å². The monoisotopic (exact) mass is 305 g/mol. The number of carbonyl (C=O) groups excluding carboxylic acids is 1. The molecule has 0 bridgehead atoms. The molecule has 0 amide bonds. The zero-order valence-electron chi connectivity index (χ0n) is 13.1. The Labute approximate surface area is 130 Å². The van der Waals surface area contributed by atoms with Crippen LogP contribution in [-0.4, -0.2) is 40.6 Å². The average molecular weight is 305 g/mol. The van der Waals surface area contributed by atoms with Crippen molar-refractivity contribution in [3.8, 4) is 0 Å². The van der Waals surface area contributed by atoms with E-state index in [0.29, 0.717) is 25.6 Å². The van der Waals surface area contributed by atoms with Crippen LogP contribution in [0.2, 0.25) is 0 Å². The number of nitrogens with zero attached hydrogens (tertiary/aromatic N) is 1. The minimum Gasteiger partial charge on any atom is -0.478 e. The van der Waals surface area contributed by atoms with Crippen LogP contribution in [0.4, 0.5) is 0 Å². The van der Waals surface area contributed by atoms with Crippen LogP contribution in [0.15, 0.2) is 24.3 Å². The normalized spacial score (nSPS) is 15.6. The number of rotatable bonds is 8. The second-order valence-electron chi connectivity index (χ2n) is 5.58. The molecular formula is C17H23NO4. The van der Waals surface area contributed by atoms with E-state index in [2.05, 4.69) is 4.90 Å². The quantitative estimate of drug-likeness (QED) is 0.748. The predicted molar refractivity (Wildman–Crippen MR) is 82.7 cm³/mol. The summed E-state index contributed by atoms with van der Waals surface area (Å²) in [5.74, 6) is -1.09. The van der Waals surface area contributed by atoms with Gasteiger partial charge in [0.05, 0.1) is 12.2 Å². The first-order valence-electron chi connectivity index (χ1n) is 7.81. The van der Waals surface area contributed by atoms with Gasteiger partial charge in [-0.3, -0.25) is 9.69 Å². The maximum atomic E-state index is 12.1. The van der Waals surface area contributed by atoms with Gasteiger partial charge in [-0.1, -0.05) is 19.1 Å². The number of aromatic carboxylic acids is 1. The molecule has 1 aromatic rings. The van der Waals surface area contributed by atoms with E-state index in [1.807, 2.05) is 26.0 Å². The van der Waals surface area contributed by atoms with E-state index in [1.54, 1.807) is 12.1 Å². The van der Waals surface area contributed by atoms with Crippen molar-refractivity contribution < 1.29 is 19.4 Å². The minimum atomic E-state index is -0.927. The second-order valence-corrected chi connectivity index (χ2v) is 5.58. The standard InChI is InChI=1S/C17H23NO4/c1-3-15(17(21)22-4-2)18(14-9-10-14)11-12-5-7-13(8-6-12)16(19)20/h5-8,14-15H,3-4,9-11H2,1-2H3,(H,19,20). The third-order valence-corrected chi connectivity index (χ3v) is 3.93. The van der Waals surface area contributed by atoms with Gasteiger partial charge in [-0.25, -0.2) is 4.79 Å². The number of hydrogen-bond acceptors (Lipinski definition) is 4. The third kappa shape index (κ3) is 4.07. The van der Waals surface area contributed by atoms with Crippen LogP contribution in [0.3, 0.4) is 0 Å². The van der Waals surface area contributed by atoms with E-state index < -0.39 is 5.97 Å². The Morgan fingerprint density at radius 3 is 2.36 bits per heavy atom. The molecule has 1 N–H and O–H groups in total. The summed E-state index contributed by atoms with van der Waals surface area (Å²) in [4.78, 5) is 25.2. The lowest BCUT2D eigenvalue weighted by atomic mass is 10.1. The van der Waals surface area contributed by atoms with Crippen molar-refractivity contribution in [2.24, 2.45) is 0 Å². The van der Waals surface area contributed by atoms with Gasteiger partial charge >= 0.3 is 11.9 Å². The Hall–Kier alpha value is -1.88. The van der Waals surface area contributed by atoms with Gasteiger partial charge in [0.15, 0.2) is 0 Å². The Kier molecular flexibility index (Phi) is 5.55. The first-order chi connectivity index (χ1) is 10.6. The van der Waals surface area contributed by atoms with E-state index in [0.717, 1.165) is 18.4 Å². The van der Waals surface area contributed by atoms with Crippen molar-refractivity contribution in [1.82, 2.24) is 4.90 Å². The number of carboxylic acids is 1. The number of benzene rings is 1. The lowest BCUT2D eigenvalue weighted by molar-refractivity contribution is -0.150. The number of esters is 1. The fraction of sp³-hybridized carbons (Fsp3) is 0.529. The molecule has 1 saturated carbocycles. The van der Waals surface area contributed by atoms with Crippen LogP contribution in [-0.2, 0) is 16.1 Å². The Bertz CT molecular complexity index is 522. The van der Waals surface area contributed by atoms with Gasteiger partial charge in [0, 0.05) is 12.6 Å². The van der Waals surface area contributed by atoms with E-state index in [-0.39, 0.29) is 17.6 Å². The van der Waals surface area contributed by atoms with Gasteiger partial charge in [0.2, 0.25) is 0 Å². The van der Waals surface area contributed by atoms with Gasteiger partial charge in [0.1, 0.15) is 6.04 Å². The first kappa shape index (κ1) is 16.5. The fourth-order valence-corrected chi connectivity index (χ4v) is 2.64. The molecule has 0 aliphatic heterocycles. The van der Waals surface area contributed by atoms with E-state index >= 15 is 0 Å². The molecule has 2 rings (SSSR count). The number of carbonyl (C=O) groups is 2. The number of ether oxygens (including phenoxy) is 1. The van der Waals surface area contributed by atoms with E-state index in [4.69, 9.17) is 9.84 Å². The largest absolute Gasteiger partial charge is 0.478 e.